The van der Waals surface area contributed by atoms with Crippen LogP contribution < -0.4 is 4.90 Å². The third kappa shape index (κ3) is 3.48. The van der Waals surface area contributed by atoms with Gasteiger partial charge in [0.05, 0.1) is 17.4 Å². The molecule has 2 rings (SSSR count). The molecule has 0 atom stereocenters. The third-order valence-electron chi connectivity index (χ3n) is 3.66. The minimum Gasteiger partial charge on any atom is -0.466 e. The average molecular weight is 293 g/mol. The van der Waals surface area contributed by atoms with Crippen molar-refractivity contribution in [1.82, 2.24) is 4.98 Å². The molecule has 21 heavy (non-hydrogen) atoms. The quantitative estimate of drug-likeness (QED) is 0.480. The number of piperidine rings is 1. The Bertz CT molecular complexity index is 539. The largest absolute Gasteiger partial charge is 0.466 e. The Morgan fingerprint density at radius 3 is 2.71 bits per heavy atom. The Balaban J connectivity index is 2.02. The summed E-state index contributed by atoms with van der Waals surface area (Å²) >= 11 is 0. The summed E-state index contributed by atoms with van der Waals surface area (Å²) in [6.07, 6.45) is 2.72. The lowest BCUT2D eigenvalue weighted by atomic mass is 9.97. The number of hydrogen-bond acceptors (Lipinski definition) is 6. The van der Waals surface area contributed by atoms with E-state index in [0.717, 1.165) is 24.2 Å². The zero-order chi connectivity index (χ0) is 15.4. The van der Waals surface area contributed by atoms with E-state index in [4.69, 9.17) is 4.74 Å². The Kier molecular flexibility index (Phi) is 4.72. The number of aryl methyl sites for hydroxylation is 1. The van der Waals surface area contributed by atoms with Gasteiger partial charge in [-0.15, -0.1) is 0 Å². The number of nitro groups is 1. The van der Waals surface area contributed by atoms with Gasteiger partial charge in [0.2, 0.25) is 0 Å². The van der Waals surface area contributed by atoms with Gasteiger partial charge >= 0.3 is 5.97 Å². The van der Waals surface area contributed by atoms with Crippen molar-refractivity contribution in [3.05, 3.63) is 27.9 Å². The van der Waals surface area contributed by atoms with Crippen LogP contribution in [0.1, 0.15) is 25.3 Å². The molecule has 0 aromatic carbocycles. The molecule has 0 unspecified atom stereocenters. The van der Waals surface area contributed by atoms with E-state index in [-0.39, 0.29) is 17.6 Å². The number of esters is 1. The van der Waals surface area contributed by atoms with Crippen molar-refractivity contribution in [2.24, 2.45) is 5.92 Å². The van der Waals surface area contributed by atoms with E-state index in [1.165, 1.54) is 12.3 Å². The summed E-state index contributed by atoms with van der Waals surface area (Å²) in [6, 6.07) is 1.53. The number of ether oxygens (including phenoxy) is 1. The lowest BCUT2D eigenvalue weighted by molar-refractivity contribution is -0.385. The average Bonchev–Trinajstić information content (AvgIpc) is 2.47. The van der Waals surface area contributed by atoms with E-state index >= 15 is 0 Å². The zero-order valence-electron chi connectivity index (χ0n) is 12.2. The minimum atomic E-state index is -0.448. The fourth-order valence-corrected chi connectivity index (χ4v) is 2.57. The fraction of sp³-hybridized carbons (Fsp3) is 0.571. The van der Waals surface area contributed by atoms with Crippen LogP contribution in [0.25, 0.3) is 0 Å². The molecule has 0 aliphatic carbocycles. The molecule has 0 radical (unpaired) electrons. The molecule has 0 saturated carbocycles. The number of aromatic nitrogens is 1. The lowest BCUT2D eigenvalue weighted by Gasteiger charge is -2.32. The van der Waals surface area contributed by atoms with Crippen LogP contribution in [-0.2, 0) is 9.53 Å². The molecule has 2 heterocycles. The van der Waals surface area contributed by atoms with Crippen LogP contribution in [0, 0.1) is 23.0 Å². The molecule has 1 aromatic rings. The summed E-state index contributed by atoms with van der Waals surface area (Å²) in [4.78, 5) is 28.2. The highest BCUT2D eigenvalue weighted by molar-refractivity contribution is 5.72. The van der Waals surface area contributed by atoms with Crippen LogP contribution in [0.4, 0.5) is 11.5 Å². The van der Waals surface area contributed by atoms with Crippen molar-refractivity contribution in [1.29, 1.82) is 0 Å². The molecule has 1 aromatic heterocycles. The number of rotatable bonds is 4. The third-order valence-corrected chi connectivity index (χ3v) is 3.66. The predicted molar refractivity (Wildman–Crippen MR) is 77.2 cm³/mol. The maximum Gasteiger partial charge on any atom is 0.309 e. The van der Waals surface area contributed by atoms with E-state index in [2.05, 4.69) is 9.88 Å². The zero-order valence-corrected chi connectivity index (χ0v) is 12.2. The molecule has 0 N–H and O–H groups in total. The first-order chi connectivity index (χ1) is 10.0. The van der Waals surface area contributed by atoms with E-state index in [1.807, 2.05) is 6.92 Å². The van der Waals surface area contributed by atoms with Crippen molar-refractivity contribution in [2.45, 2.75) is 26.7 Å². The van der Waals surface area contributed by atoms with Crippen LogP contribution in [0.5, 0.6) is 0 Å². The first-order valence-corrected chi connectivity index (χ1v) is 7.05. The standard InChI is InChI=1S/C14H19N3O4/c1-3-21-14(18)11-4-6-16(7-5-11)13-10(2)8-12(9-15-13)17(19)20/h8-9,11H,3-7H2,1-2H3. The predicted octanol–water partition coefficient (Wildman–Crippen LogP) is 2.08. The molecule has 1 fully saturated rings. The number of anilines is 1. The Morgan fingerprint density at radius 2 is 2.19 bits per heavy atom. The van der Waals surface area contributed by atoms with E-state index < -0.39 is 4.92 Å². The SMILES string of the molecule is CCOC(=O)C1CCN(c2ncc([N+](=O)[O-])cc2C)CC1. The van der Waals surface area contributed by atoms with Crippen molar-refractivity contribution in [2.75, 3.05) is 24.6 Å². The number of nitrogens with zero attached hydrogens (tertiary/aromatic N) is 3. The number of pyridine rings is 1. The molecular weight excluding hydrogens is 274 g/mol. The van der Waals surface area contributed by atoms with Gasteiger partial charge in [-0.05, 0) is 32.3 Å². The number of hydrogen-bond donors (Lipinski definition) is 0. The molecule has 7 nitrogen and oxygen atoms in total. The minimum absolute atomic E-state index is 0.00217. The normalized spacial score (nSPS) is 15.8. The van der Waals surface area contributed by atoms with E-state index in [9.17, 15) is 14.9 Å². The Hall–Kier alpha value is -2.18. The molecule has 7 heteroatoms. The highest BCUT2D eigenvalue weighted by Gasteiger charge is 2.27. The van der Waals surface area contributed by atoms with Crippen molar-refractivity contribution >= 4 is 17.5 Å². The second-order valence-electron chi connectivity index (χ2n) is 5.10. The second-order valence-corrected chi connectivity index (χ2v) is 5.10. The van der Waals surface area contributed by atoms with E-state index in [0.29, 0.717) is 19.7 Å². The maximum absolute atomic E-state index is 11.7. The Labute approximate surface area is 123 Å². The summed E-state index contributed by atoms with van der Waals surface area (Å²) in [6.45, 7) is 5.43. The van der Waals surface area contributed by atoms with Gasteiger partial charge in [-0.2, -0.15) is 0 Å². The summed E-state index contributed by atoms with van der Waals surface area (Å²) in [7, 11) is 0. The summed E-state index contributed by atoms with van der Waals surface area (Å²) in [5, 5.41) is 10.7. The van der Waals surface area contributed by atoms with Crippen molar-refractivity contribution in [3.8, 4) is 0 Å². The second kappa shape index (κ2) is 6.51. The highest BCUT2D eigenvalue weighted by atomic mass is 16.6. The number of carbonyl (C=O) groups excluding carboxylic acids is 1. The van der Waals surface area contributed by atoms with Crippen LogP contribution in [-0.4, -0.2) is 35.6 Å². The molecule has 0 amide bonds. The lowest BCUT2D eigenvalue weighted by Crippen LogP contribution is -2.37. The molecular formula is C14H19N3O4. The van der Waals surface area contributed by atoms with Gasteiger partial charge in [0, 0.05) is 19.2 Å². The summed E-state index contributed by atoms with van der Waals surface area (Å²) < 4.78 is 5.04. The summed E-state index contributed by atoms with van der Waals surface area (Å²) in [5.74, 6) is 0.563. The van der Waals surface area contributed by atoms with Gasteiger partial charge in [-0.25, -0.2) is 4.98 Å². The van der Waals surface area contributed by atoms with Gasteiger partial charge in [-0.1, -0.05) is 0 Å². The molecule has 1 aliphatic rings. The van der Waals surface area contributed by atoms with E-state index in [1.54, 1.807) is 6.92 Å². The van der Waals surface area contributed by atoms with Crippen LogP contribution >= 0.6 is 0 Å². The maximum atomic E-state index is 11.7. The van der Waals surface area contributed by atoms with Crippen LogP contribution in [0.3, 0.4) is 0 Å². The van der Waals surface area contributed by atoms with Crippen molar-refractivity contribution < 1.29 is 14.5 Å². The smallest absolute Gasteiger partial charge is 0.309 e. The molecule has 1 saturated heterocycles. The van der Waals surface area contributed by atoms with Gasteiger partial charge in [0.25, 0.3) is 5.69 Å². The summed E-state index contributed by atoms with van der Waals surface area (Å²) in [5.41, 5.74) is 0.774. The van der Waals surface area contributed by atoms with Crippen LogP contribution in [0.2, 0.25) is 0 Å². The molecule has 0 bridgehead atoms. The van der Waals surface area contributed by atoms with Gasteiger partial charge < -0.3 is 9.64 Å². The van der Waals surface area contributed by atoms with Gasteiger partial charge in [-0.3, -0.25) is 14.9 Å². The highest BCUT2D eigenvalue weighted by Crippen LogP contribution is 2.26. The topological polar surface area (TPSA) is 85.6 Å². The van der Waals surface area contributed by atoms with Crippen LogP contribution in [0.15, 0.2) is 12.3 Å². The molecule has 114 valence electrons. The molecule has 1 aliphatic heterocycles. The fourth-order valence-electron chi connectivity index (χ4n) is 2.57. The van der Waals surface area contributed by atoms with Crippen molar-refractivity contribution in [3.63, 3.8) is 0 Å². The first-order valence-electron chi connectivity index (χ1n) is 7.05. The first kappa shape index (κ1) is 15.2. The number of carbonyl (C=O) groups is 1. The monoisotopic (exact) mass is 293 g/mol. The Morgan fingerprint density at radius 1 is 1.52 bits per heavy atom. The molecule has 0 spiro atoms. The van der Waals surface area contributed by atoms with Gasteiger partial charge in [0.15, 0.2) is 0 Å². The van der Waals surface area contributed by atoms with Gasteiger partial charge in [0.1, 0.15) is 12.0 Å².